The van der Waals surface area contributed by atoms with Crippen LogP contribution >= 0.6 is 7.37 Å². The first-order valence-electron chi connectivity index (χ1n) is 10.8. The Hall–Kier alpha value is -1.53. The van der Waals surface area contributed by atoms with Crippen molar-refractivity contribution in [3.63, 3.8) is 0 Å². The maximum atomic E-state index is 13.3. The summed E-state index contributed by atoms with van der Waals surface area (Å²) in [4.78, 5) is 10.9. The molecule has 7 heteroatoms. The molecule has 0 saturated carbocycles. The summed E-state index contributed by atoms with van der Waals surface area (Å²) in [5.74, 6) is -1.08. The van der Waals surface area contributed by atoms with Gasteiger partial charge in [-0.2, -0.15) is 0 Å². The first kappa shape index (κ1) is 25.7. The molecular formula is C24H35O6P. The molecule has 0 heterocycles. The lowest BCUT2D eigenvalue weighted by molar-refractivity contribution is -0.127. The van der Waals surface area contributed by atoms with Crippen molar-refractivity contribution in [1.82, 2.24) is 0 Å². The molecule has 0 radical (unpaired) electrons. The third-order valence-electron chi connectivity index (χ3n) is 5.20. The van der Waals surface area contributed by atoms with Crippen LogP contribution in [0.1, 0.15) is 25.0 Å². The van der Waals surface area contributed by atoms with E-state index >= 15 is 0 Å². The maximum Gasteiger partial charge on any atom is 0.201 e. The van der Waals surface area contributed by atoms with E-state index in [1.807, 2.05) is 60.7 Å². The van der Waals surface area contributed by atoms with Crippen LogP contribution in [-0.2, 0) is 26.9 Å². The molecule has 0 amide bonds. The van der Waals surface area contributed by atoms with Gasteiger partial charge in [0.2, 0.25) is 7.37 Å². The quantitative estimate of drug-likeness (QED) is 0.300. The van der Waals surface area contributed by atoms with Crippen molar-refractivity contribution < 1.29 is 29.1 Å². The minimum Gasteiger partial charge on any atom is -0.368 e. The molecule has 0 bridgehead atoms. The molecule has 0 aliphatic carbocycles. The average molecular weight is 451 g/mol. The zero-order valence-corrected chi connectivity index (χ0v) is 19.2. The molecule has 0 aliphatic heterocycles. The third-order valence-corrected chi connectivity index (χ3v) is 7.28. The van der Waals surface area contributed by atoms with E-state index in [-0.39, 0.29) is 12.3 Å². The second-order valence-electron chi connectivity index (χ2n) is 7.80. The Labute approximate surface area is 185 Å². The molecule has 4 unspecified atom stereocenters. The Bertz CT molecular complexity index is 722. The van der Waals surface area contributed by atoms with Crippen LogP contribution in [0.4, 0.5) is 0 Å². The van der Waals surface area contributed by atoms with Gasteiger partial charge in [-0.15, -0.1) is 0 Å². The zero-order chi connectivity index (χ0) is 22.7. The van der Waals surface area contributed by atoms with Gasteiger partial charge in [0.05, 0.1) is 0 Å². The highest BCUT2D eigenvalue weighted by Gasteiger charge is 2.34. The van der Waals surface area contributed by atoms with Gasteiger partial charge < -0.3 is 24.6 Å². The van der Waals surface area contributed by atoms with Gasteiger partial charge in [-0.05, 0) is 37.8 Å². The van der Waals surface area contributed by atoms with Crippen molar-refractivity contribution >= 4 is 7.37 Å². The zero-order valence-electron chi connectivity index (χ0n) is 18.3. The molecule has 2 aromatic rings. The molecule has 0 saturated heterocycles. The predicted molar refractivity (Wildman–Crippen MR) is 122 cm³/mol. The summed E-state index contributed by atoms with van der Waals surface area (Å²) in [6.07, 6.45) is -1.65. The Balaban J connectivity index is 2.15. The highest BCUT2D eigenvalue weighted by molar-refractivity contribution is 7.58. The van der Waals surface area contributed by atoms with Gasteiger partial charge >= 0.3 is 0 Å². The van der Waals surface area contributed by atoms with Crippen LogP contribution in [0.3, 0.4) is 0 Å². The van der Waals surface area contributed by atoms with E-state index in [2.05, 4.69) is 0 Å². The molecule has 4 atom stereocenters. The maximum absolute atomic E-state index is 13.3. The fraction of sp³-hybridized carbons (Fsp3) is 0.500. The minimum atomic E-state index is -3.71. The molecule has 0 aliphatic rings. The summed E-state index contributed by atoms with van der Waals surface area (Å²) >= 11 is 0. The van der Waals surface area contributed by atoms with Crippen LogP contribution in [0.25, 0.3) is 0 Å². The number of ether oxygens (including phenoxy) is 2. The molecule has 0 spiro atoms. The van der Waals surface area contributed by atoms with Gasteiger partial charge in [0.25, 0.3) is 0 Å². The van der Waals surface area contributed by atoms with Crippen LogP contribution in [0.2, 0.25) is 0 Å². The fourth-order valence-corrected chi connectivity index (χ4v) is 6.00. The minimum absolute atomic E-state index is 0.104. The molecule has 3 N–H and O–H groups in total. The SMILES string of the molecule is CCOC(O)C(Cc1ccccc1)CP(=O)(O)CC(Cc1ccccc1)C(O)OCC. The molecule has 2 aromatic carbocycles. The van der Waals surface area contributed by atoms with Gasteiger partial charge in [0, 0.05) is 37.4 Å². The van der Waals surface area contributed by atoms with Crippen molar-refractivity contribution in [3.05, 3.63) is 71.8 Å². The van der Waals surface area contributed by atoms with Crippen LogP contribution in [0, 0.1) is 11.8 Å². The smallest absolute Gasteiger partial charge is 0.201 e. The number of rotatable bonds is 14. The van der Waals surface area contributed by atoms with E-state index in [0.29, 0.717) is 26.1 Å². The third kappa shape index (κ3) is 9.24. The predicted octanol–water partition coefficient (Wildman–Crippen LogP) is 3.68. The number of hydrogen-bond acceptors (Lipinski definition) is 5. The second-order valence-corrected chi connectivity index (χ2v) is 10.2. The molecule has 172 valence electrons. The summed E-state index contributed by atoms with van der Waals surface area (Å²) in [6, 6.07) is 19.1. The second kappa shape index (κ2) is 13.1. The molecule has 31 heavy (non-hydrogen) atoms. The summed E-state index contributed by atoms with van der Waals surface area (Å²) in [5, 5.41) is 20.9. The average Bonchev–Trinajstić information content (AvgIpc) is 2.74. The number of hydrogen-bond donors (Lipinski definition) is 3. The van der Waals surface area contributed by atoms with Gasteiger partial charge in [0.15, 0.2) is 12.6 Å². The normalized spacial score (nSPS) is 17.5. The van der Waals surface area contributed by atoms with Crippen molar-refractivity contribution in [2.75, 3.05) is 25.5 Å². The Morgan fingerprint density at radius 2 is 1.10 bits per heavy atom. The standard InChI is InChI=1S/C24H35O6P/c1-3-29-23(25)21(15-19-11-7-5-8-12-19)17-31(27,28)18-22(24(26)30-4-2)16-20-13-9-6-10-14-20/h5-14,21-26H,3-4,15-18H2,1-2H3,(H,27,28). The van der Waals surface area contributed by atoms with Gasteiger partial charge in [0.1, 0.15) is 0 Å². The van der Waals surface area contributed by atoms with Gasteiger partial charge in [-0.25, -0.2) is 0 Å². The lowest BCUT2D eigenvalue weighted by Crippen LogP contribution is -2.32. The molecule has 0 fully saturated rings. The van der Waals surface area contributed by atoms with Crippen LogP contribution in [-0.4, -0.2) is 53.2 Å². The van der Waals surface area contributed by atoms with Crippen molar-refractivity contribution in [3.8, 4) is 0 Å². The topological polar surface area (TPSA) is 96.2 Å². The summed E-state index contributed by atoms with van der Waals surface area (Å²) < 4.78 is 24.0. The van der Waals surface area contributed by atoms with E-state index in [1.54, 1.807) is 13.8 Å². The number of aliphatic hydroxyl groups excluding tert-OH is 2. The van der Waals surface area contributed by atoms with Crippen molar-refractivity contribution in [2.24, 2.45) is 11.8 Å². The van der Waals surface area contributed by atoms with Gasteiger partial charge in [-0.3, -0.25) is 4.57 Å². The van der Waals surface area contributed by atoms with E-state index in [1.165, 1.54) is 0 Å². The molecule has 0 aromatic heterocycles. The highest BCUT2D eigenvalue weighted by atomic mass is 31.2. The van der Waals surface area contributed by atoms with Crippen molar-refractivity contribution in [1.29, 1.82) is 0 Å². The lowest BCUT2D eigenvalue weighted by atomic mass is 10.0. The Morgan fingerprint density at radius 1 is 0.742 bits per heavy atom. The van der Waals surface area contributed by atoms with E-state index in [4.69, 9.17) is 9.47 Å². The van der Waals surface area contributed by atoms with E-state index < -0.39 is 31.8 Å². The Morgan fingerprint density at radius 3 is 1.42 bits per heavy atom. The van der Waals surface area contributed by atoms with Crippen molar-refractivity contribution in [2.45, 2.75) is 39.3 Å². The number of benzene rings is 2. The van der Waals surface area contributed by atoms with Crippen LogP contribution in [0.5, 0.6) is 0 Å². The highest BCUT2D eigenvalue weighted by Crippen LogP contribution is 2.46. The summed E-state index contributed by atoms with van der Waals surface area (Å²) in [6.45, 7) is 4.16. The first-order valence-corrected chi connectivity index (χ1v) is 12.9. The summed E-state index contributed by atoms with van der Waals surface area (Å²) in [7, 11) is -3.71. The fourth-order valence-electron chi connectivity index (χ4n) is 3.77. The molecule has 2 rings (SSSR count). The number of aliphatic hydroxyl groups is 2. The Kier molecular flexibility index (Phi) is 10.9. The first-order chi connectivity index (χ1) is 14.8. The monoisotopic (exact) mass is 450 g/mol. The largest absolute Gasteiger partial charge is 0.368 e. The van der Waals surface area contributed by atoms with Gasteiger partial charge in [-0.1, -0.05) is 60.7 Å². The van der Waals surface area contributed by atoms with E-state index in [9.17, 15) is 19.7 Å². The van der Waals surface area contributed by atoms with Crippen LogP contribution in [0.15, 0.2) is 60.7 Å². The van der Waals surface area contributed by atoms with Crippen LogP contribution < -0.4 is 0 Å². The summed E-state index contributed by atoms with van der Waals surface area (Å²) in [5.41, 5.74) is 1.92. The molecular weight excluding hydrogens is 415 g/mol. The lowest BCUT2D eigenvalue weighted by Gasteiger charge is -2.29. The van der Waals surface area contributed by atoms with E-state index in [0.717, 1.165) is 11.1 Å². The molecule has 6 nitrogen and oxygen atoms in total.